The summed E-state index contributed by atoms with van der Waals surface area (Å²) in [7, 11) is 0. The van der Waals surface area contributed by atoms with Crippen LogP contribution in [0.25, 0.3) is 21.8 Å². The van der Waals surface area contributed by atoms with Gasteiger partial charge in [-0.2, -0.15) is 0 Å². The summed E-state index contributed by atoms with van der Waals surface area (Å²) >= 11 is 0. The smallest absolute Gasteiger partial charge is 0.153 e. The van der Waals surface area contributed by atoms with Crippen LogP contribution in [0, 0.1) is 0 Å². The second-order valence-corrected chi connectivity index (χ2v) is 4.54. The molecule has 5 nitrogen and oxygen atoms in total. The Morgan fingerprint density at radius 3 is 1.71 bits per heavy atom. The summed E-state index contributed by atoms with van der Waals surface area (Å²) in [5, 5.41) is 1.87. The van der Waals surface area contributed by atoms with Crippen LogP contribution < -0.4 is 4.74 Å². The highest BCUT2D eigenvalue weighted by molar-refractivity contribution is 5.86. The van der Waals surface area contributed by atoms with Crippen LogP contribution in [-0.4, -0.2) is 19.9 Å². The van der Waals surface area contributed by atoms with Gasteiger partial charge in [-0.05, 0) is 12.1 Å². The van der Waals surface area contributed by atoms with Crippen LogP contribution in [0.15, 0.2) is 61.4 Å². The number of nitrogens with zero attached hydrogens (tertiary/aromatic N) is 4. The second-order valence-electron chi connectivity index (χ2n) is 4.54. The molecule has 0 radical (unpaired) electrons. The molecular formula is C16H10N4O. The third kappa shape index (κ3) is 2.04. The second kappa shape index (κ2) is 4.79. The van der Waals surface area contributed by atoms with E-state index >= 15 is 0 Å². The highest BCUT2D eigenvalue weighted by Crippen LogP contribution is 2.31. The maximum absolute atomic E-state index is 6.02. The minimum Gasteiger partial charge on any atom is -0.453 e. The Bertz CT molecular complexity index is 851. The molecule has 0 N–H and O–H groups in total. The number of aromatic nitrogens is 4. The van der Waals surface area contributed by atoms with E-state index in [-0.39, 0.29) is 0 Å². The van der Waals surface area contributed by atoms with Gasteiger partial charge >= 0.3 is 0 Å². The van der Waals surface area contributed by atoms with Crippen molar-refractivity contribution in [2.45, 2.75) is 0 Å². The van der Waals surface area contributed by atoms with Crippen molar-refractivity contribution in [3.63, 3.8) is 0 Å². The summed E-state index contributed by atoms with van der Waals surface area (Å²) in [6.45, 7) is 0. The molecule has 0 unspecified atom stereocenters. The highest BCUT2D eigenvalue weighted by atomic mass is 16.5. The lowest BCUT2D eigenvalue weighted by molar-refractivity contribution is 0.491. The first-order valence-corrected chi connectivity index (χ1v) is 6.47. The molecule has 0 aliphatic rings. The van der Waals surface area contributed by atoms with Crippen LogP contribution in [0.3, 0.4) is 0 Å². The standard InChI is InChI=1S/C16H10N4O/c1-3-11-7-17-9-19-15(11)13(5-1)21-14-6-2-4-12-8-18-10-20-16(12)14/h1-10H. The zero-order chi connectivity index (χ0) is 14.1. The van der Waals surface area contributed by atoms with Gasteiger partial charge in [0.05, 0.1) is 0 Å². The third-order valence-electron chi connectivity index (χ3n) is 3.21. The van der Waals surface area contributed by atoms with Gasteiger partial charge in [0.2, 0.25) is 0 Å². The molecule has 100 valence electrons. The van der Waals surface area contributed by atoms with Crippen molar-refractivity contribution in [3.8, 4) is 11.5 Å². The predicted octanol–water partition coefficient (Wildman–Crippen LogP) is 3.37. The first-order valence-electron chi connectivity index (χ1n) is 6.47. The summed E-state index contributed by atoms with van der Waals surface area (Å²) in [5.74, 6) is 1.36. The van der Waals surface area contributed by atoms with Gasteiger partial charge in [0.1, 0.15) is 23.7 Å². The van der Waals surface area contributed by atoms with Crippen LogP contribution >= 0.6 is 0 Å². The summed E-state index contributed by atoms with van der Waals surface area (Å²) in [6.07, 6.45) is 6.56. The molecule has 2 heterocycles. The third-order valence-corrected chi connectivity index (χ3v) is 3.21. The Hall–Kier alpha value is -3.08. The van der Waals surface area contributed by atoms with Gasteiger partial charge in [-0.3, -0.25) is 0 Å². The molecular weight excluding hydrogens is 264 g/mol. The lowest BCUT2D eigenvalue weighted by Gasteiger charge is -2.09. The summed E-state index contributed by atoms with van der Waals surface area (Å²) < 4.78 is 6.02. The van der Waals surface area contributed by atoms with Crippen molar-refractivity contribution in [3.05, 3.63) is 61.4 Å². The van der Waals surface area contributed by atoms with Crippen molar-refractivity contribution in [2.75, 3.05) is 0 Å². The fourth-order valence-electron chi connectivity index (χ4n) is 2.26. The SMILES string of the molecule is c1cc(Oc2cccc3cncnc23)c2ncncc2c1. The number of benzene rings is 2. The maximum atomic E-state index is 6.02. The molecule has 0 aliphatic heterocycles. The first kappa shape index (κ1) is 11.7. The van der Waals surface area contributed by atoms with Crippen molar-refractivity contribution in [1.82, 2.24) is 19.9 Å². The average Bonchev–Trinajstić information content (AvgIpc) is 2.56. The van der Waals surface area contributed by atoms with Gasteiger partial charge in [0.15, 0.2) is 11.5 Å². The van der Waals surface area contributed by atoms with Crippen LogP contribution in [0.4, 0.5) is 0 Å². The van der Waals surface area contributed by atoms with Gasteiger partial charge < -0.3 is 4.74 Å². The van der Waals surface area contributed by atoms with Crippen molar-refractivity contribution < 1.29 is 4.74 Å². The number of para-hydroxylation sites is 2. The molecule has 5 heteroatoms. The highest BCUT2D eigenvalue weighted by Gasteiger charge is 2.08. The van der Waals surface area contributed by atoms with E-state index < -0.39 is 0 Å². The molecule has 0 aliphatic carbocycles. The van der Waals surface area contributed by atoms with E-state index in [1.54, 1.807) is 12.4 Å². The molecule has 0 spiro atoms. The lowest BCUT2D eigenvalue weighted by Crippen LogP contribution is -1.91. The number of ether oxygens (including phenoxy) is 1. The zero-order valence-corrected chi connectivity index (χ0v) is 11.0. The maximum Gasteiger partial charge on any atom is 0.153 e. The lowest BCUT2D eigenvalue weighted by atomic mass is 10.2. The van der Waals surface area contributed by atoms with Crippen LogP contribution in [0.2, 0.25) is 0 Å². The molecule has 21 heavy (non-hydrogen) atoms. The normalized spacial score (nSPS) is 10.9. The van der Waals surface area contributed by atoms with E-state index in [0.717, 1.165) is 21.8 Å². The van der Waals surface area contributed by atoms with E-state index in [4.69, 9.17) is 4.74 Å². The minimum absolute atomic E-state index is 0.681. The zero-order valence-electron chi connectivity index (χ0n) is 11.0. The molecule has 2 aromatic heterocycles. The Morgan fingerprint density at radius 1 is 0.667 bits per heavy atom. The fourth-order valence-corrected chi connectivity index (χ4v) is 2.26. The Labute approximate surface area is 120 Å². The van der Waals surface area contributed by atoms with Gasteiger partial charge in [-0.25, -0.2) is 19.9 Å². The van der Waals surface area contributed by atoms with Crippen molar-refractivity contribution in [2.24, 2.45) is 0 Å². The number of fused-ring (bicyclic) bond motifs is 2. The fraction of sp³-hybridized carbons (Fsp3) is 0. The van der Waals surface area contributed by atoms with Gasteiger partial charge in [0.25, 0.3) is 0 Å². The summed E-state index contributed by atoms with van der Waals surface area (Å²) in [5.41, 5.74) is 1.55. The van der Waals surface area contributed by atoms with E-state index in [1.165, 1.54) is 12.7 Å². The molecule has 0 saturated heterocycles. The predicted molar refractivity (Wildman–Crippen MR) is 79.2 cm³/mol. The Kier molecular flexibility index (Phi) is 2.67. The average molecular weight is 274 g/mol. The summed E-state index contributed by atoms with van der Waals surface area (Å²) in [6, 6.07) is 11.5. The van der Waals surface area contributed by atoms with Gasteiger partial charge in [-0.15, -0.1) is 0 Å². The number of rotatable bonds is 2. The van der Waals surface area contributed by atoms with Crippen molar-refractivity contribution >= 4 is 21.8 Å². The topological polar surface area (TPSA) is 60.8 Å². The molecule has 4 aromatic rings. The van der Waals surface area contributed by atoms with Crippen LogP contribution in [0.5, 0.6) is 11.5 Å². The molecule has 4 rings (SSSR count). The largest absolute Gasteiger partial charge is 0.453 e. The monoisotopic (exact) mass is 274 g/mol. The molecule has 0 fully saturated rings. The van der Waals surface area contributed by atoms with E-state index in [1.807, 2.05) is 36.4 Å². The number of hydrogen-bond donors (Lipinski definition) is 0. The van der Waals surface area contributed by atoms with Crippen molar-refractivity contribution in [1.29, 1.82) is 0 Å². The van der Waals surface area contributed by atoms with E-state index in [9.17, 15) is 0 Å². The van der Waals surface area contributed by atoms with E-state index in [0.29, 0.717) is 11.5 Å². The number of hydrogen-bond acceptors (Lipinski definition) is 5. The Morgan fingerprint density at radius 2 is 1.19 bits per heavy atom. The Balaban J connectivity index is 1.87. The molecule has 0 amide bonds. The van der Waals surface area contributed by atoms with Gasteiger partial charge in [-0.1, -0.05) is 24.3 Å². The molecule has 0 bridgehead atoms. The first-order chi connectivity index (χ1) is 10.4. The quantitative estimate of drug-likeness (QED) is 0.561. The summed E-state index contributed by atoms with van der Waals surface area (Å²) in [4.78, 5) is 16.6. The molecule has 0 atom stereocenters. The van der Waals surface area contributed by atoms with Gasteiger partial charge in [0, 0.05) is 23.2 Å². The van der Waals surface area contributed by atoms with Crippen LogP contribution in [0.1, 0.15) is 0 Å². The van der Waals surface area contributed by atoms with Crippen LogP contribution in [-0.2, 0) is 0 Å². The molecule has 0 saturated carbocycles. The van der Waals surface area contributed by atoms with E-state index in [2.05, 4.69) is 19.9 Å². The minimum atomic E-state index is 0.681. The molecule has 2 aromatic carbocycles.